The summed E-state index contributed by atoms with van der Waals surface area (Å²) in [5, 5.41) is 5.69. The molecule has 25 heavy (non-hydrogen) atoms. The molecule has 0 saturated carbocycles. The van der Waals surface area contributed by atoms with Crippen LogP contribution in [0.2, 0.25) is 0 Å². The van der Waals surface area contributed by atoms with E-state index in [1.165, 1.54) is 0 Å². The number of ether oxygens (including phenoxy) is 1. The van der Waals surface area contributed by atoms with Gasteiger partial charge in [-0.25, -0.2) is 0 Å². The molecule has 2 aromatic rings. The van der Waals surface area contributed by atoms with E-state index in [1.807, 2.05) is 13.0 Å². The summed E-state index contributed by atoms with van der Waals surface area (Å²) in [5.74, 6) is 0.128. The lowest BCUT2D eigenvalue weighted by Gasteiger charge is -2.11. The van der Waals surface area contributed by atoms with E-state index in [0.29, 0.717) is 35.7 Å². The molecule has 2 amide bonds. The van der Waals surface area contributed by atoms with Crippen LogP contribution >= 0.6 is 0 Å². The Morgan fingerprint density at radius 2 is 1.80 bits per heavy atom. The van der Waals surface area contributed by atoms with Crippen molar-refractivity contribution in [2.75, 3.05) is 18.5 Å². The average Bonchev–Trinajstić information content (AvgIpc) is 2.63. The molecule has 0 bridgehead atoms. The summed E-state index contributed by atoms with van der Waals surface area (Å²) >= 11 is 0. The number of carbonyl (C=O) groups excluding carboxylic acids is 2. The van der Waals surface area contributed by atoms with Gasteiger partial charge in [0.25, 0.3) is 11.8 Å². The van der Waals surface area contributed by atoms with Crippen molar-refractivity contribution in [1.82, 2.24) is 5.32 Å². The van der Waals surface area contributed by atoms with Crippen LogP contribution < -0.4 is 15.4 Å². The predicted octanol–water partition coefficient (Wildman–Crippen LogP) is 3.87. The van der Waals surface area contributed by atoms with Crippen molar-refractivity contribution in [3.63, 3.8) is 0 Å². The molecule has 0 fully saturated rings. The van der Waals surface area contributed by atoms with Crippen molar-refractivity contribution in [3.8, 4) is 5.75 Å². The Kier molecular flexibility index (Phi) is 7.01. The van der Waals surface area contributed by atoms with Crippen LogP contribution in [0.1, 0.15) is 47.4 Å². The number of hydrogen-bond donors (Lipinski definition) is 2. The van der Waals surface area contributed by atoms with Crippen LogP contribution in [0.3, 0.4) is 0 Å². The molecule has 0 heterocycles. The minimum atomic E-state index is -0.271. The Hall–Kier alpha value is -2.82. The number of benzene rings is 2. The lowest BCUT2D eigenvalue weighted by atomic mass is 10.1. The number of anilines is 1. The second-order valence-corrected chi connectivity index (χ2v) is 5.57. The zero-order valence-corrected chi connectivity index (χ0v) is 14.7. The highest BCUT2D eigenvalue weighted by molar-refractivity contribution is 6.06. The SMILES string of the molecule is CCCCNC(=O)c1cccc(NC(=O)c2ccccc2OCC)c1. The minimum Gasteiger partial charge on any atom is -0.493 e. The van der Waals surface area contributed by atoms with Gasteiger partial charge in [-0.2, -0.15) is 0 Å². The number of carbonyl (C=O) groups is 2. The molecule has 2 N–H and O–H groups in total. The summed E-state index contributed by atoms with van der Waals surface area (Å²) in [5.41, 5.74) is 1.55. The van der Waals surface area contributed by atoms with Gasteiger partial charge in [0.2, 0.25) is 0 Å². The number of amides is 2. The highest BCUT2D eigenvalue weighted by Gasteiger charge is 2.13. The van der Waals surface area contributed by atoms with Gasteiger partial charge >= 0.3 is 0 Å². The molecule has 5 heteroatoms. The Labute approximate surface area is 148 Å². The number of rotatable bonds is 8. The Balaban J connectivity index is 2.09. The molecule has 0 aliphatic carbocycles. The maximum Gasteiger partial charge on any atom is 0.259 e. The lowest BCUT2D eigenvalue weighted by Crippen LogP contribution is -2.24. The van der Waals surface area contributed by atoms with Crippen LogP contribution in [-0.2, 0) is 0 Å². The maximum atomic E-state index is 12.5. The van der Waals surface area contributed by atoms with Crippen molar-refractivity contribution in [2.24, 2.45) is 0 Å². The third-order valence-electron chi connectivity index (χ3n) is 3.63. The van der Waals surface area contributed by atoms with Crippen molar-refractivity contribution >= 4 is 17.5 Å². The van der Waals surface area contributed by atoms with Gasteiger partial charge < -0.3 is 15.4 Å². The summed E-state index contributed by atoms with van der Waals surface area (Å²) in [6.07, 6.45) is 1.96. The number of unbranched alkanes of at least 4 members (excludes halogenated alkanes) is 1. The van der Waals surface area contributed by atoms with Crippen LogP contribution in [0.25, 0.3) is 0 Å². The fourth-order valence-electron chi connectivity index (χ4n) is 2.35. The van der Waals surface area contributed by atoms with E-state index < -0.39 is 0 Å². The summed E-state index contributed by atoms with van der Waals surface area (Å²) in [4.78, 5) is 24.6. The van der Waals surface area contributed by atoms with Gasteiger partial charge in [0.15, 0.2) is 0 Å². The molecular formula is C20H24N2O3. The van der Waals surface area contributed by atoms with Crippen LogP contribution in [-0.4, -0.2) is 25.0 Å². The summed E-state index contributed by atoms with van der Waals surface area (Å²) in [6.45, 7) is 5.07. The molecule has 0 aromatic heterocycles. The first-order chi connectivity index (χ1) is 12.2. The second-order valence-electron chi connectivity index (χ2n) is 5.57. The fraction of sp³-hybridized carbons (Fsp3) is 0.300. The van der Waals surface area contributed by atoms with Crippen LogP contribution in [0.4, 0.5) is 5.69 Å². The largest absolute Gasteiger partial charge is 0.493 e. The molecular weight excluding hydrogens is 316 g/mol. The van der Waals surface area contributed by atoms with Crippen LogP contribution in [0, 0.1) is 0 Å². The molecule has 0 atom stereocenters. The van der Waals surface area contributed by atoms with E-state index in [1.54, 1.807) is 42.5 Å². The second kappa shape index (κ2) is 9.47. The van der Waals surface area contributed by atoms with E-state index >= 15 is 0 Å². The zero-order valence-electron chi connectivity index (χ0n) is 14.7. The molecule has 132 valence electrons. The first-order valence-electron chi connectivity index (χ1n) is 8.57. The van der Waals surface area contributed by atoms with Crippen LogP contribution in [0.15, 0.2) is 48.5 Å². The molecule has 0 aliphatic heterocycles. The van der Waals surface area contributed by atoms with Gasteiger partial charge in [-0.05, 0) is 43.7 Å². The summed E-state index contributed by atoms with van der Waals surface area (Å²) in [6, 6.07) is 14.0. The van der Waals surface area contributed by atoms with Gasteiger partial charge in [0, 0.05) is 17.8 Å². The number of para-hydroxylation sites is 1. The third kappa shape index (κ3) is 5.35. The van der Waals surface area contributed by atoms with E-state index in [4.69, 9.17) is 4.74 Å². The molecule has 5 nitrogen and oxygen atoms in total. The van der Waals surface area contributed by atoms with Crippen LogP contribution in [0.5, 0.6) is 5.75 Å². The topological polar surface area (TPSA) is 67.4 Å². The van der Waals surface area contributed by atoms with Gasteiger partial charge in [0.05, 0.1) is 12.2 Å². The lowest BCUT2D eigenvalue weighted by molar-refractivity contribution is 0.0951. The van der Waals surface area contributed by atoms with E-state index in [2.05, 4.69) is 17.6 Å². The van der Waals surface area contributed by atoms with Gasteiger partial charge in [0.1, 0.15) is 5.75 Å². The Bertz CT molecular complexity index is 728. The Morgan fingerprint density at radius 3 is 2.56 bits per heavy atom. The number of hydrogen-bond acceptors (Lipinski definition) is 3. The third-order valence-corrected chi connectivity index (χ3v) is 3.63. The van der Waals surface area contributed by atoms with E-state index in [0.717, 1.165) is 12.8 Å². The van der Waals surface area contributed by atoms with Crippen molar-refractivity contribution in [1.29, 1.82) is 0 Å². The monoisotopic (exact) mass is 340 g/mol. The molecule has 2 rings (SSSR count). The smallest absolute Gasteiger partial charge is 0.259 e. The van der Waals surface area contributed by atoms with Crippen molar-refractivity contribution in [3.05, 3.63) is 59.7 Å². The highest BCUT2D eigenvalue weighted by Crippen LogP contribution is 2.20. The molecule has 2 aromatic carbocycles. The Morgan fingerprint density at radius 1 is 1.00 bits per heavy atom. The summed E-state index contributed by atoms with van der Waals surface area (Å²) in [7, 11) is 0. The van der Waals surface area contributed by atoms with Gasteiger partial charge in [-0.15, -0.1) is 0 Å². The van der Waals surface area contributed by atoms with E-state index in [9.17, 15) is 9.59 Å². The molecule has 0 radical (unpaired) electrons. The quantitative estimate of drug-likeness (QED) is 0.717. The normalized spacial score (nSPS) is 10.2. The summed E-state index contributed by atoms with van der Waals surface area (Å²) < 4.78 is 5.49. The average molecular weight is 340 g/mol. The zero-order chi connectivity index (χ0) is 18.1. The first-order valence-corrected chi connectivity index (χ1v) is 8.57. The number of nitrogens with one attached hydrogen (secondary N) is 2. The first kappa shape index (κ1) is 18.5. The van der Waals surface area contributed by atoms with Gasteiger partial charge in [-0.3, -0.25) is 9.59 Å². The van der Waals surface area contributed by atoms with Crippen molar-refractivity contribution < 1.29 is 14.3 Å². The van der Waals surface area contributed by atoms with E-state index in [-0.39, 0.29) is 11.8 Å². The fourth-order valence-corrected chi connectivity index (χ4v) is 2.35. The van der Waals surface area contributed by atoms with Crippen molar-refractivity contribution in [2.45, 2.75) is 26.7 Å². The predicted molar refractivity (Wildman–Crippen MR) is 99.2 cm³/mol. The molecule has 0 spiro atoms. The molecule has 0 saturated heterocycles. The standard InChI is InChI=1S/C20H24N2O3/c1-3-5-13-21-19(23)15-9-8-10-16(14-15)22-20(24)17-11-6-7-12-18(17)25-4-2/h6-12,14H,3-5,13H2,1-2H3,(H,21,23)(H,22,24). The van der Waals surface area contributed by atoms with Gasteiger partial charge in [-0.1, -0.05) is 31.5 Å². The highest BCUT2D eigenvalue weighted by atomic mass is 16.5. The molecule has 0 aliphatic rings. The minimum absolute atomic E-state index is 0.140. The maximum absolute atomic E-state index is 12.5. The molecule has 0 unspecified atom stereocenters.